The van der Waals surface area contributed by atoms with Crippen LogP contribution in [0.2, 0.25) is 0 Å². The summed E-state index contributed by atoms with van der Waals surface area (Å²) < 4.78 is 0. The number of amides is 1. The average molecular weight is 343 g/mol. The van der Waals surface area contributed by atoms with Crippen LogP contribution in [0.25, 0.3) is 0 Å². The van der Waals surface area contributed by atoms with Crippen molar-refractivity contribution < 1.29 is 4.79 Å². The zero-order chi connectivity index (χ0) is 18.1. The monoisotopic (exact) mass is 343 g/mol. The van der Waals surface area contributed by atoms with Gasteiger partial charge in [-0.2, -0.15) is 4.98 Å². The number of nitrogens with zero attached hydrogens (tertiary/aromatic N) is 3. The Bertz CT molecular complexity index is 847. The van der Waals surface area contributed by atoms with E-state index in [1.807, 2.05) is 36.0 Å². The number of aromatic amines is 1. The largest absolute Gasteiger partial charge is 0.369 e. The Hall–Kier alpha value is -3.23. The van der Waals surface area contributed by atoms with Crippen molar-refractivity contribution in [2.45, 2.75) is 6.17 Å². The summed E-state index contributed by atoms with van der Waals surface area (Å²) in [5, 5.41) is 5.75. The molecule has 9 heteroatoms. The topological polar surface area (TPSA) is 119 Å². The van der Waals surface area contributed by atoms with E-state index in [0.29, 0.717) is 23.6 Å². The Morgan fingerprint density at radius 3 is 2.72 bits per heavy atom. The normalized spacial score (nSPS) is 16.0. The SMILES string of the molecule is CNC(=O)c1ccc(N(C)C2CNc3nc(N)[nH]c(=O)c3N2C)cc1. The molecule has 0 saturated carbocycles. The van der Waals surface area contributed by atoms with Gasteiger partial charge in [0.25, 0.3) is 11.5 Å². The van der Waals surface area contributed by atoms with Gasteiger partial charge in [0.15, 0.2) is 5.82 Å². The van der Waals surface area contributed by atoms with Gasteiger partial charge < -0.3 is 26.2 Å². The minimum absolute atomic E-state index is 0.0845. The minimum Gasteiger partial charge on any atom is -0.369 e. The van der Waals surface area contributed by atoms with E-state index in [4.69, 9.17) is 5.73 Å². The molecule has 0 radical (unpaired) electrons. The number of nitrogens with one attached hydrogen (secondary N) is 3. The Balaban J connectivity index is 1.87. The maximum Gasteiger partial charge on any atom is 0.278 e. The van der Waals surface area contributed by atoms with Gasteiger partial charge in [-0.1, -0.05) is 0 Å². The molecular weight excluding hydrogens is 322 g/mol. The number of carbonyl (C=O) groups excluding carboxylic acids is 1. The van der Waals surface area contributed by atoms with E-state index < -0.39 is 0 Å². The number of nitrogens with two attached hydrogens (primary N) is 1. The summed E-state index contributed by atoms with van der Waals surface area (Å²) in [5.74, 6) is 0.430. The second-order valence-corrected chi connectivity index (χ2v) is 5.86. The number of nitrogen functional groups attached to an aromatic ring is 1. The molecule has 9 nitrogen and oxygen atoms in total. The lowest BCUT2D eigenvalue weighted by atomic mass is 10.1. The van der Waals surface area contributed by atoms with E-state index in [1.165, 1.54) is 0 Å². The summed E-state index contributed by atoms with van der Waals surface area (Å²) in [6.45, 7) is 0.563. The molecule has 2 aromatic rings. The van der Waals surface area contributed by atoms with Crippen LogP contribution in [-0.2, 0) is 0 Å². The van der Waals surface area contributed by atoms with Crippen LogP contribution in [0.5, 0.6) is 0 Å². The number of aromatic nitrogens is 2. The van der Waals surface area contributed by atoms with Crippen molar-refractivity contribution in [3.63, 3.8) is 0 Å². The molecule has 1 aromatic carbocycles. The number of hydrogen-bond acceptors (Lipinski definition) is 7. The Kier molecular flexibility index (Phi) is 4.22. The Morgan fingerprint density at radius 2 is 2.08 bits per heavy atom. The highest BCUT2D eigenvalue weighted by Gasteiger charge is 2.30. The molecular formula is C16H21N7O2. The van der Waals surface area contributed by atoms with E-state index in [-0.39, 0.29) is 23.6 Å². The van der Waals surface area contributed by atoms with Gasteiger partial charge in [0, 0.05) is 32.4 Å². The zero-order valence-corrected chi connectivity index (χ0v) is 14.3. The maximum atomic E-state index is 12.2. The summed E-state index contributed by atoms with van der Waals surface area (Å²) in [5.41, 5.74) is 7.27. The number of carbonyl (C=O) groups is 1. The van der Waals surface area contributed by atoms with E-state index in [1.54, 1.807) is 19.2 Å². The van der Waals surface area contributed by atoms with Crippen LogP contribution in [0.3, 0.4) is 0 Å². The van der Waals surface area contributed by atoms with Gasteiger partial charge in [-0.3, -0.25) is 14.6 Å². The number of likely N-dealkylation sites (N-methyl/N-ethyl adjacent to an activating group) is 2. The Morgan fingerprint density at radius 1 is 1.40 bits per heavy atom. The second kappa shape index (κ2) is 6.34. The molecule has 0 spiro atoms. The quantitative estimate of drug-likeness (QED) is 0.621. The molecule has 5 N–H and O–H groups in total. The molecule has 0 saturated heterocycles. The number of rotatable bonds is 3. The Labute approximate surface area is 144 Å². The molecule has 3 rings (SSSR count). The van der Waals surface area contributed by atoms with E-state index in [0.717, 1.165) is 5.69 Å². The highest BCUT2D eigenvalue weighted by Crippen LogP contribution is 2.28. The van der Waals surface area contributed by atoms with Gasteiger partial charge in [0.2, 0.25) is 5.95 Å². The predicted molar refractivity (Wildman–Crippen MR) is 98.2 cm³/mol. The van der Waals surface area contributed by atoms with Crippen LogP contribution in [0.15, 0.2) is 29.1 Å². The number of hydrogen-bond donors (Lipinski definition) is 4. The second-order valence-electron chi connectivity index (χ2n) is 5.86. The van der Waals surface area contributed by atoms with Crippen molar-refractivity contribution in [2.75, 3.05) is 48.5 Å². The van der Waals surface area contributed by atoms with Crippen molar-refractivity contribution >= 4 is 29.0 Å². The number of benzene rings is 1. The third-order valence-electron chi connectivity index (χ3n) is 4.38. The molecule has 1 atom stereocenters. The number of H-pyrrole nitrogens is 1. The number of anilines is 4. The first kappa shape index (κ1) is 16.6. The fraction of sp³-hybridized carbons (Fsp3) is 0.312. The average Bonchev–Trinajstić information content (AvgIpc) is 2.60. The first-order valence-electron chi connectivity index (χ1n) is 7.84. The van der Waals surface area contributed by atoms with Crippen LogP contribution >= 0.6 is 0 Å². The third-order valence-corrected chi connectivity index (χ3v) is 4.38. The predicted octanol–water partition coefficient (Wildman–Crippen LogP) is 0.0359. The lowest BCUT2D eigenvalue weighted by molar-refractivity contribution is 0.0963. The summed E-state index contributed by atoms with van der Waals surface area (Å²) >= 11 is 0. The fourth-order valence-corrected chi connectivity index (χ4v) is 2.97. The molecule has 1 amide bonds. The first-order chi connectivity index (χ1) is 11.9. The number of fused-ring (bicyclic) bond motifs is 1. The van der Waals surface area contributed by atoms with Gasteiger partial charge in [-0.15, -0.1) is 0 Å². The highest BCUT2D eigenvalue weighted by atomic mass is 16.1. The van der Waals surface area contributed by atoms with Crippen LogP contribution < -0.4 is 31.7 Å². The van der Waals surface area contributed by atoms with Crippen molar-refractivity contribution in [1.82, 2.24) is 15.3 Å². The van der Waals surface area contributed by atoms with E-state index in [9.17, 15) is 9.59 Å². The standard InChI is InChI=1S/C16H21N7O2/c1-18-14(24)9-4-6-10(7-5-9)22(2)11-8-19-13-12(23(11)3)15(25)21-16(17)20-13/h4-7,11H,8H2,1-3H3,(H,18,24)(H4,17,19,20,21,25). The van der Waals surface area contributed by atoms with Crippen molar-refractivity contribution in [2.24, 2.45) is 0 Å². The molecule has 0 bridgehead atoms. The molecule has 2 heterocycles. The molecule has 0 fully saturated rings. The van der Waals surface area contributed by atoms with E-state index >= 15 is 0 Å². The van der Waals surface area contributed by atoms with Gasteiger partial charge in [0.1, 0.15) is 11.9 Å². The van der Waals surface area contributed by atoms with Gasteiger partial charge in [-0.25, -0.2) is 0 Å². The van der Waals surface area contributed by atoms with Gasteiger partial charge in [-0.05, 0) is 24.3 Å². The summed E-state index contributed by atoms with van der Waals surface area (Å²) in [4.78, 5) is 34.4. The first-order valence-corrected chi connectivity index (χ1v) is 7.84. The molecule has 1 aliphatic rings. The lowest BCUT2D eigenvalue weighted by Crippen LogP contribution is -2.53. The fourth-order valence-electron chi connectivity index (χ4n) is 2.97. The lowest BCUT2D eigenvalue weighted by Gasteiger charge is -2.41. The van der Waals surface area contributed by atoms with Crippen LogP contribution in [0.1, 0.15) is 10.4 Å². The van der Waals surface area contributed by atoms with Crippen molar-refractivity contribution in [3.05, 3.63) is 40.2 Å². The molecule has 0 aliphatic carbocycles. The maximum absolute atomic E-state index is 12.2. The highest BCUT2D eigenvalue weighted by molar-refractivity contribution is 5.94. The summed E-state index contributed by atoms with van der Waals surface area (Å²) in [6, 6.07) is 7.28. The molecule has 1 aromatic heterocycles. The summed E-state index contributed by atoms with van der Waals surface area (Å²) in [6.07, 6.45) is -0.107. The minimum atomic E-state index is -0.287. The van der Waals surface area contributed by atoms with Crippen LogP contribution in [0, 0.1) is 0 Å². The van der Waals surface area contributed by atoms with Crippen molar-refractivity contribution in [3.8, 4) is 0 Å². The summed E-state index contributed by atoms with van der Waals surface area (Å²) in [7, 11) is 5.37. The molecule has 1 aliphatic heterocycles. The van der Waals surface area contributed by atoms with Crippen molar-refractivity contribution in [1.29, 1.82) is 0 Å². The molecule has 1 unspecified atom stereocenters. The van der Waals surface area contributed by atoms with Gasteiger partial charge in [0.05, 0.1) is 6.54 Å². The molecule has 132 valence electrons. The third kappa shape index (κ3) is 2.95. The van der Waals surface area contributed by atoms with Crippen LogP contribution in [0.4, 0.5) is 23.1 Å². The zero-order valence-electron chi connectivity index (χ0n) is 14.3. The molecule has 25 heavy (non-hydrogen) atoms. The smallest absolute Gasteiger partial charge is 0.278 e. The van der Waals surface area contributed by atoms with Crippen LogP contribution in [-0.4, -0.2) is 49.7 Å². The van der Waals surface area contributed by atoms with Gasteiger partial charge >= 0.3 is 0 Å². The van der Waals surface area contributed by atoms with E-state index in [2.05, 4.69) is 20.6 Å².